The summed E-state index contributed by atoms with van der Waals surface area (Å²) in [6.45, 7) is 6.79. The number of hydrogen-bond acceptors (Lipinski definition) is 5. The van der Waals surface area contributed by atoms with E-state index >= 15 is 0 Å². The fourth-order valence-electron chi connectivity index (χ4n) is 3.41. The number of amides is 1. The minimum atomic E-state index is -0.717. The van der Waals surface area contributed by atoms with Gasteiger partial charge in [0.25, 0.3) is 0 Å². The second-order valence-electron chi connectivity index (χ2n) is 7.82. The second kappa shape index (κ2) is 9.09. The number of carbonyl (C=O) groups excluding carboxylic acids is 2. The lowest BCUT2D eigenvalue weighted by molar-refractivity contribution is -0.119. The van der Waals surface area contributed by atoms with E-state index < -0.39 is 12.2 Å². The Morgan fingerprint density at radius 2 is 1.93 bits per heavy atom. The number of carbonyl (C=O) groups is 2. The maximum atomic E-state index is 12.9. The number of hydrogen-bond donors (Lipinski definition) is 1. The summed E-state index contributed by atoms with van der Waals surface area (Å²) in [5.74, 6) is 0.577. The van der Waals surface area contributed by atoms with E-state index in [0.717, 1.165) is 23.2 Å². The van der Waals surface area contributed by atoms with Crippen LogP contribution in [-0.2, 0) is 22.4 Å². The Balaban J connectivity index is 1.61. The maximum absolute atomic E-state index is 12.9. The van der Waals surface area contributed by atoms with E-state index in [9.17, 15) is 9.59 Å². The minimum Gasteiger partial charge on any atom is -0.434 e. The highest BCUT2D eigenvalue weighted by Gasteiger charge is 2.28. The summed E-state index contributed by atoms with van der Waals surface area (Å²) in [5.41, 5.74) is 10.2. The predicted octanol–water partition coefficient (Wildman–Crippen LogP) is 3.63. The van der Waals surface area contributed by atoms with Gasteiger partial charge >= 0.3 is 6.16 Å². The molecule has 0 fully saturated rings. The molecule has 0 spiro atoms. The van der Waals surface area contributed by atoms with Gasteiger partial charge in [-0.1, -0.05) is 38.1 Å². The normalized spacial score (nSPS) is 13.9. The lowest BCUT2D eigenvalue weighted by atomic mass is 10.0. The third-order valence-corrected chi connectivity index (χ3v) is 4.96. The molecule has 1 amide bonds. The molecule has 2 aromatic rings. The van der Waals surface area contributed by atoms with E-state index in [1.54, 1.807) is 17.0 Å². The highest BCUT2D eigenvalue weighted by atomic mass is 16.7. The van der Waals surface area contributed by atoms with E-state index in [4.69, 9.17) is 15.2 Å². The van der Waals surface area contributed by atoms with Crippen LogP contribution in [0.3, 0.4) is 0 Å². The SMILES string of the molecule is Cc1cc(OC(=O)OCC(C)C)ccc1C[C@@H](N)C(=O)N1CCc2ccccc21. The average Bonchev–Trinajstić information content (AvgIpc) is 3.12. The van der Waals surface area contributed by atoms with E-state index in [0.29, 0.717) is 25.3 Å². The molecular formula is C23H28N2O4. The number of nitrogens with zero attached hydrogens (tertiary/aromatic N) is 1. The number of para-hydroxylation sites is 1. The van der Waals surface area contributed by atoms with Crippen molar-refractivity contribution in [2.45, 2.75) is 39.7 Å². The van der Waals surface area contributed by atoms with Gasteiger partial charge in [-0.25, -0.2) is 4.79 Å². The van der Waals surface area contributed by atoms with Gasteiger partial charge in [0.2, 0.25) is 5.91 Å². The van der Waals surface area contributed by atoms with Crippen molar-refractivity contribution >= 4 is 17.7 Å². The third kappa shape index (κ3) is 5.15. The number of aryl methyl sites for hydroxylation is 1. The van der Waals surface area contributed by atoms with Gasteiger partial charge in [-0.05, 0) is 60.6 Å². The van der Waals surface area contributed by atoms with Gasteiger partial charge in [0.05, 0.1) is 12.6 Å². The molecule has 2 aromatic carbocycles. The van der Waals surface area contributed by atoms with E-state index in [1.807, 2.05) is 51.1 Å². The first-order chi connectivity index (χ1) is 13.8. The number of fused-ring (bicyclic) bond motifs is 1. The van der Waals surface area contributed by atoms with Crippen LogP contribution >= 0.6 is 0 Å². The largest absolute Gasteiger partial charge is 0.513 e. The molecule has 1 aliphatic heterocycles. The Bertz CT molecular complexity index is 894. The zero-order valence-electron chi connectivity index (χ0n) is 17.2. The molecule has 0 saturated heterocycles. The highest BCUT2D eigenvalue weighted by Crippen LogP contribution is 2.28. The van der Waals surface area contributed by atoms with Gasteiger partial charge in [0.15, 0.2) is 0 Å². The molecular weight excluding hydrogens is 368 g/mol. The smallest absolute Gasteiger partial charge is 0.434 e. The molecule has 0 radical (unpaired) electrons. The topological polar surface area (TPSA) is 81.9 Å². The lowest BCUT2D eigenvalue weighted by Gasteiger charge is -2.22. The number of ether oxygens (including phenoxy) is 2. The summed E-state index contributed by atoms with van der Waals surface area (Å²) >= 11 is 0. The van der Waals surface area contributed by atoms with Crippen molar-refractivity contribution in [1.82, 2.24) is 0 Å². The molecule has 1 atom stereocenters. The molecule has 2 N–H and O–H groups in total. The molecule has 0 unspecified atom stereocenters. The molecule has 1 aliphatic rings. The van der Waals surface area contributed by atoms with Crippen LogP contribution in [0.25, 0.3) is 0 Å². The Hall–Kier alpha value is -2.86. The maximum Gasteiger partial charge on any atom is 0.513 e. The molecule has 3 rings (SSSR count). The summed E-state index contributed by atoms with van der Waals surface area (Å²) in [5, 5.41) is 0. The highest BCUT2D eigenvalue weighted by molar-refractivity contribution is 5.99. The Labute approximate surface area is 171 Å². The Morgan fingerprint density at radius 1 is 1.17 bits per heavy atom. The van der Waals surface area contributed by atoms with Crippen LogP contribution in [0.1, 0.15) is 30.5 Å². The molecule has 1 heterocycles. The van der Waals surface area contributed by atoms with Crippen LogP contribution in [0, 0.1) is 12.8 Å². The first kappa shape index (κ1) is 20.9. The van der Waals surface area contributed by atoms with E-state index in [1.165, 1.54) is 5.56 Å². The van der Waals surface area contributed by atoms with Gasteiger partial charge in [-0.15, -0.1) is 0 Å². The van der Waals surface area contributed by atoms with Crippen molar-refractivity contribution < 1.29 is 19.1 Å². The molecule has 0 aromatic heterocycles. The molecule has 29 heavy (non-hydrogen) atoms. The van der Waals surface area contributed by atoms with Crippen LogP contribution < -0.4 is 15.4 Å². The molecule has 0 bridgehead atoms. The first-order valence-electron chi connectivity index (χ1n) is 9.94. The molecule has 0 saturated carbocycles. The number of rotatable bonds is 6. The monoisotopic (exact) mass is 396 g/mol. The van der Waals surface area contributed by atoms with Gasteiger partial charge in [0, 0.05) is 12.2 Å². The van der Waals surface area contributed by atoms with Crippen LogP contribution in [0.2, 0.25) is 0 Å². The minimum absolute atomic E-state index is 0.0769. The number of nitrogens with two attached hydrogens (primary N) is 1. The zero-order chi connectivity index (χ0) is 21.0. The second-order valence-corrected chi connectivity index (χ2v) is 7.82. The average molecular weight is 396 g/mol. The van der Waals surface area contributed by atoms with Crippen molar-refractivity contribution in [3.63, 3.8) is 0 Å². The quantitative estimate of drug-likeness (QED) is 0.596. The third-order valence-electron chi connectivity index (χ3n) is 4.96. The van der Waals surface area contributed by atoms with Crippen molar-refractivity contribution in [1.29, 1.82) is 0 Å². The molecule has 154 valence electrons. The standard InChI is InChI=1S/C23H28N2O4/c1-15(2)14-28-23(27)29-19-9-8-18(16(3)12-19)13-20(24)22(26)25-11-10-17-6-4-5-7-21(17)25/h4-9,12,15,20H,10-11,13-14,24H2,1-3H3/t20-/m1/s1. The fourth-order valence-corrected chi connectivity index (χ4v) is 3.41. The Morgan fingerprint density at radius 3 is 2.66 bits per heavy atom. The summed E-state index contributed by atoms with van der Waals surface area (Å²) in [7, 11) is 0. The molecule has 6 nitrogen and oxygen atoms in total. The van der Waals surface area contributed by atoms with Crippen molar-refractivity contribution in [3.05, 3.63) is 59.2 Å². The molecule has 0 aliphatic carbocycles. The molecule has 6 heteroatoms. The van der Waals surface area contributed by atoms with E-state index in [-0.39, 0.29) is 11.8 Å². The summed E-state index contributed by atoms with van der Waals surface area (Å²) in [6.07, 6.45) is 0.555. The van der Waals surface area contributed by atoms with Crippen molar-refractivity contribution in [2.75, 3.05) is 18.1 Å². The van der Waals surface area contributed by atoms with Crippen molar-refractivity contribution in [3.8, 4) is 5.75 Å². The van der Waals surface area contributed by atoms with Gasteiger partial charge in [0.1, 0.15) is 5.75 Å². The summed E-state index contributed by atoms with van der Waals surface area (Å²) < 4.78 is 10.2. The summed E-state index contributed by atoms with van der Waals surface area (Å²) in [4.78, 5) is 26.4. The van der Waals surface area contributed by atoms with Gasteiger partial charge in [-0.3, -0.25) is 4.79 Å². The Kier molecular flexibility index (Phi) is 6.54. The van der Waals surface area contributed by atoms with Crippen LogP contribution in [0.4, 0.5) is 10.5 Å². The summed E-state index contributed by atoms with van der Waals surface area (Å²) in [6, 6.07) is 12.6. The van der Waals surface area contributed by atoms with Crippen LogP contribution in [0.5, 0.6) is 5.75 Å². The van der Waals surface area contributed by atoms with E-state index in [2.05, 4.69) is 0 Å². The zero-order valence-corrected chi connectivity index (χ0v) is 17.2. The van der Waals surface area contributed by atoms with Gasteiger partial charge < -0.3 is 20.1 Å². The van der Waals surface area contributed by atoms with Gasteiger partial charge in [-0.2, -0.15) is 0 Å². The first-order valence-corrected chi connectivity index (χ1v) is 9.94. The van der Waals surface area contributed by atoms with Crippen LogP contribution in [-0.4, -0.2) is 31.3 Å². The fraction of sp³-hybridized carbons (Fsp3) is 0.391. The van der Waals surface area contributed by atoms with Crippen molar-refractivity contribution in [2.24, 2.45) is 11.7 Å². The number of benzene rings is 2. The lowest BCUT2D eigenvalue weighted by Crippen LogP contribution is -2.44. The predicted molar refractivity (Wildman–Crippen MR) is 112 cm³/mol. The van der Waals surface area contributed by atoms with Crippen LogP contribution in [0.15, 0.2) is 42.5 Å². The number of anilines is 1.